The van der Waals surface area contributed by atoms with E-state index in [1.54, 1.807) is 36.5 Å². The van der Waals surface area contributed by atoms with Crippen molar-refractivity contribution in [3.05, 3.63) is 53.4 Å². The number of rotatable bonds is 5. The summed E-state index contributed by atoms with van der Waals surface area (Å²) in [5.41, 5.74) is 0.755. The molecule has 1 saturated carbocycles. The highest BCUT2D eigenvalue weighted by Crippen LogP contribution is 2.34. The molecule has 0 radical (unpaired) electrons. The van der Waals surface area contributed by atoms with E-state index in [0.717, 1.165) is 30.6 Å². The topological polar surface area (TPSA) is 85.1 Å². The van der Waals surface area contributed by atoms with Crippen LogP contribution in [0.25, 0.3) is 11.5 Å². The first-order chi connectivity index (χ1) is 12.2. The van der Waals surface area contributed by atoms with Gasteiger partial charge in [-0.3, -0.25) is 14.6 Å². The van der Waals surface area contributed by atoms with Gasteiger partial charge >= 0.3 is 0 Å². The predicted octanol–water partition coefficient (Wildman–Crippen LogP) is 3.77. The number of nitrogens with one attached hydrogen (secondary N) is 1. The van der Waals surface area contributed by atoms with Crippen LogP contribution in [-0.2, 0) is 4.79 Å². The van der Waals surface area contributed by atoms with Gasteiger partial charge in [-0.2, -0.15) is 0 Å². The molecule has 3 aromatic heterocycles. The summed E-state index contributed by atoms with van der Waals surface area (Å²) in [6, 6.07) is 8.63. The Morgan fingerprint density at radius 2 is 2.08 bits per heavy atom. The minimum absolute atomic E-state index is 0.0390. The third kappa shape index (κ3) is 3.10. The lowest BCUT2D eigenvalue weighted by molar-refractivity contribution is -0.122. The van der Waals surface area contributed by atoms with Crippen molar-refractivity contribution in [2.75, 3.05) is 5.32 Å². The quantitative estimate of drug-likeness (QED) is 0.706. The summed E-state index contributed by atoms with van der Waals surface area (Å²) < 4.78 is 5.40. The third-order valence-corrected chi connectivity index (χ3v) is 5.16. The number of furan rings is 1. The molecule has 1 N–H and O–H groups in total. The molecule has 3 aromatic rings. The molecule has 4 rings (SSSR count). The van der Waals surface area contributed by atoms with Crippen molar-refractivity contribution >= 4 is 28.2 Å². The normalized spacial score (nSPS) is 14.1. The van der Waals surface area contributed by atoms with Crippen LogP contribution in [0.5, 0.6) is 0 Å². The zero-order valence-electron chi connectivity index (χ0n) is 13.3. The van der Waals surface area contributed by atoms with E-state index in [4.69, 9.17) is 4.42 Å². The number of hydrogen-bond donors (Lipinski definition) is 1. The Balaban J connectivity index is 1.69. The Morgan fingerprint density at radius 1 is 1.20 bits per heavy atom. The van der Waals surface area contributed by atoms with Gasteiger partial charge < -0.3 is 9.73 Å². The number of nitrogens with zero attached hydrogens (tertiary/aromatic N) is 2. The molecule has 0 aliphatic heterocycles. The molecule has 1 fully saturated rings. The van der Waals surface area contributed by atoms with Gasteiger partial charge in [0.1, 0.15) is 16.3 Å². The molecule has 0 saturated heterocycles. The lowest BCUT2D eigenvalue weighted by atomic mass is 9.85. The van der Waals surface area contributed by atoms with Gasteiger partial charge in [0.05, 0.1) is 6.26 Å². The predicted molar refractivity (Wildman–Crippen MR) is 93.5 cm³/mol. The Hall–Kier alpha value is -2.80. The van der Waals surface area contributed by atoms with E-state index in [1.165, 1.54) is 6.26 Å². The average Bonchev–Trinajstić information content (AvgIpc) is 3.22. The van der Waals surface area contributed by atoms with Gasteiger partial charge in [-0.05, 0) is 37.1 Å². The van der Waals surface area contributed by atoms with E-state index in [-0.39, 0.29) is 17.6 Å². The first-order valence-corrected chi connectivity index (χ1v) is 8.85. The Kier molecular flexibility index (Phi) is 4.15. The van der Waals surface area contributed by atoms with E-state index in [0.29, 0.717) is 27.2 Å². The highest BCUT2D eigenvalue weighted by Gasteiger charge is 2.28. The second-order valence-corrected chi connectivity index (χ2v) is 6.83. The second kappa shape index (κ2) is 6.60. The van der Waals surface area contributed by atoms with E-state index in [2.05, 4.69) is 15.3 Å². The van der Waals surface area contributed by atoms with Crippen molar-refractivity contribution in [2.45, 2.75) is 19.3 Å². The van der Waals surface area contributed by atoms with Crippen molar-refractivity contribution in [3.63, 3.8) is 0 Å². The maximum absolute atomic E-state index is 12.8. The molecule has 0 atom stereocenters. The lowest BCUT2D eigenvalue weighted by Crippen LogP contribution is -2.27. The SMILES string of the molecule is O=C(c1ccccn1)c1sc(NC(=O)C2CCC2)nc1-c1ccco1. The molecule has 0 bridgehead atoms. The summed E-state index contributed by atoms with van der Waals surface area (Å²) in [5.74, 6) is 0.252. The molecular weight excluding hydrogens is 338 g/mol. The van der Waals surface area contributed by atoms with Crippen LogP contribution in [0, 0.1) is 5.92 Å². The number of amides is 1. The minimum Gasteiger partial charge on any atom is -0.463 e. The molecule has 0 aromatic carbocycles. The van der Waals surface area contributed by atoms with Crippen molar-refractivity contribution in [3.8, 4) is 11.5 Å². The standard InChI is InChI=1S/C18H15N3O3S/c22-15(12-7-1-2-9-19-12)16-14(13-8-4-10-24-13)20-18(25-16)21-17(23)11-5-3-6-11/h1-2,4,7-11H,3,5-6H2,(H,20,21,23). The van der Waals surface area contributed by atoms with Gasteiger partial charge in [0.25, 0.3) is 0 Å². The molecule has 126 valence electrons. The van der Waals surface area contributed by atoms with Gasteiger partial charge in [-0.15, -0.1) is 0 Å². The van der Waals surface area contributed by atoms with Crippen molar-refractivity contribution in [2.24, 2.45) is 5.92 Å². The molecule has 1 aliphatic rings. The Morgan fingerprint density at radius 3 is 2.72 bits per heavy atom. The fraction of sp³-hybridized carbons (Fsp3) is 0.222. The number of aromatic nitrogens is 2. The van der Waals surface area contributed by atoms with Crippen molar-refractivity contribution < 1.29 is 14.0 Å². The molecule has 1 aliphatic carbocycles. The van der Waals surface area contributed by atoms with Crippen LogP contribution in [0.3, 0.4) is 0 Å². The Labute approximate surface area is 147 Å². The summed E-state index contributed by atoms with van der Waals surface area (Å²) in [7, 11) is 0. The highest BCUT2D eigenvalue weighted by atomic mass is 32.1. The highest BCUT2D eigenvalue weighted by molar-refractivity contribution is 7.18. The van der Waals surface area contributed by atoms with Gasteiger partial charge in [0.2, 0.25) is 11.7 Å². The van der Waals surface area contributed by atoms with E-state index in [1.807, 2.05) is 0 Å². The molecule has 1 amide bonds. The molecule has 3 heterocycles. The van der Waals surface area contributed by atoms with Crippen molar-refractivity contribution in [1.82, 2.24) is 9.97 Å². The zero-order chi connectivity index (χ0) is 17.2. The number of carbonyl (C=O) groups excluding carboxylic acids is 2. The van der Waals surface area contributed by atoms with Crippen LogP contribution in [0.2, 0.25) is 0 Å². The Bertz CT molecular complexity index is 899. The number of ketones is 1. The minimum atomic E-state index is -0.242. The number of carbonyl (C=O) groups is 2. The lowest BCUT2D eigenvalue weighted by Gasteiger charge is -2.23. The summed E-state index contributed by atoms with van der Waals surface area (Å²) in [6.45, 7) is 0. The monoisotopic (exact) mass is 353 g/mol. The summed E-state index contributed by atoms with van der Waals surface area (Å²) in [5, 5.41) is 3.23. The molecule has 0 spiro atoms. The third-order valence-electron chi connectivity index (χ3n) is 4.19. The fourth-order valence-corrected chi connectivity index (χ4v) is 3.52. The van der Waals surface area contributed by atoms with Crippen LogP contribution < -0.4 is 5.32 Å². The number of thiazole rings is 1. The van der Waals surface area contributed by atoms with Gasteiger partial charge in [-0.25, -0.2) is 4.98 Å². The van der Waals surface area contributed by atoms with E-state index >= 15 is 0 Å². The number of hydrogen-bond acceptors (Lipinski definition) is 6. The summed E-state index contributed by atoms with van der Waals surface area (Å²) in [4.78, 5) is 33.9. The van der Waals surface area contributed by atoms with Gasteiger partial charge in [0, 0.05) is 12.1 Å². The smallest absolute Gasteiger partial charge is 0.229 e. The molecule has 0 unspecified atom stereocenters. The van der Waals surface area contributed by atoms with E-state index in [9.17, 15) is 9.59 Å². The van der Waals surface area contributed by atoms with Gasteiger partial charge in [0.15, 0.2) is 10.9 Å². The van der Waals surface area contributed by atoms with Crippen LogP contribution in [0.4, 0.5) is 5.13 Å². The molecule has 7 heteroatoms. The van der Waals surface area contributed by atoms with Crippen molar-refractivity contribution in [1.29, 1.82) is 0 Å². The van der Waals surface area contributed by atoms with E-state index < -0.39 is 0 Å². The zero-order valence-corrected chi connectivity index (χ0v) is 14.1. The number of pyridine rings is 1. The summed E-state index contributed by atoms with van der Waals surface area (Å²) >= 11 is 1.15. The first kappa shape index (κ1) is 15.7. The van der Waals surface area contributed by atoms with Crippen LogP contribution in [-0.4, -0.2) is 21.7 Å². The maximum atomic E-state index is 12.8. The van der Waals surface area contributed by atoms with Crippen LogP contribution >= 0.6 is 11.3 Å². The average molecular weight is 353 g/mol. The molecule has 6 nitrogen and oxygen atoms in total. The van der Waals surface area contributed by atoms with Crippen LogP contribution in [0.15, 0.2) is 47.2 Å². The second-order valence-electron chi connectivity index (χ2n) is 5.84. The number of anilines is 1. The van der Waals surface area contributed by atoms with Crippen LogP contribution in [0.1, 0.15) is 34.6 Å². The first-order valence-electron chi connectivity index (χ1n) is 8.03. The fourth-order valence-electron chi connectivity index (χ4n) is 2.60. The molecule has 25 heavy (non-hydrogen) atoms. The summed E-state index contributed by atoms with van der Waals surface area (Å²) in [6.07, 6.45) is 5.98. The largest absolute Gasteiger partial charge is 0.463 e. The van der Waals surface area contributed by atoms with Gasteiger partial charge in [-0.1, -0.05) is 23.8 Å². The molecular formula is C18H15N3O3S. The maximum Gasteiger partial charge on any atom is 0.229 e.